The molecule has 0 aliphatic rings. The minimum atomic E-state index is -0.389. The van der Waals surface area contributed by atoms with Crippen LogP contribution in [0.25, 0.3) is 0 Å². The van der Waals surface area contributed by atoms with Crippen molar-refractivity contribution in [3.63, 3.8) is 0 Å². The highest BCUT2D eigenvalue weighted by molar-refractivity contribution is 5.95. The van der Waals surface area contributed by atoms with Gasteiger partial charge in [-0.2, -0.15) is 0 Å². The summed E-state index contributed by atoms with van der Waals surface area (Å²) in [6, 6.07) is 7.09. The number of para-hydroxylation sites is 1. The zero-order valence-electron chi connectivity index (χ0n) is 12.9. The number of esters is 1. The molecule has 0 saturated heterocycles. The first-order chi connectivity index (χ1) is 10.0. The normalized spacial score (nSPS) is 10.3. The SMILES string of the molecule is COC(=O)c1ccccc1NCCC(=O)NCCC(C)C. The van der Waals surface area contributed by atoms with E-state index in [1.54, 1.807) is 18.2 Å². The zero-order chi connectivity index (χ0) is 15.7. The maximum absolute atomic E-state index is 11.6. The molecule has 0 aliphatic heterocycles. The standard InChI is InChI=1S/C16H24N2O3/c1-12(2)8-10-18-15(19)9-11-17-14-7-5-4-6-13(14)16(20)21-3/h4-7,12,17H,8-11H2,1-3H3,(H,18,19). The van der Waals surface area contributed by atoms with E-state index < -0.39 is 0 Å². The van der Waals surface area contributed by atoms with Crippen LogP contribution in [0.5, 0.6) is 0 Å². The van der Waals surface area contributed by atoms with Gasteiger partial charge in [0.15, 0.2) is 0 Å². The molecule has 116 valence electrons. The van der Waals surface area contributed by atoms with Gasteiger partial charge in [-0.1, -0.05) is 26.0 Å². The molecule has 2 N–H and O–H groups in total. The first-order valence-corrected chi connectivity index (χ1v) is 7.22. The number of rotatable bonds is 8. The third-order valence-corrected chi connectivity index (χ3v) is 3.04. The number of anilines is 1. The van der Waals surface area contributed by atoms with Crippen molar-refractivity contribution in [2.24, 2.45) is 5.92 Å². The molecule has 0 atom stereocenters. The number of benzene rings is 1. The maximum atomic E-state index is 11.6. The van der Waals surface area contributed by atoms with Crippen molar-refractivity contribution in [1.82, 2.24) is 5.32 Å². The summed E-state index contributed by atoms with van der Waals surface area (Å²) in [6.45, 7) is 5.42. The van der Waals surface area contributed by atoms with Gasteiger partial charge in [-0.3, -0.25) is 4.79 Å². The molecule has 1 aromatic rings. The molecule has 0 unspecified atom stereocenters. The molecule has 0 saturated carbocycles. The molecule has 0 radical (unpaired) electrons. The lowest BCUT2D eigenvalue weighted by Gasteiger charge is -2.11. The van der Waals surface area contributed by atoms with Crippen LogP contribution in [-0.2, 0) is 9.53 Å². The van der Waals surface area contributed by atoms with E-state index in [1.807, 2.05) is 6.07 Å². The van der Waals surface area contributed by atoms with E-state index >= 15 is 0 Å². The lowest BCUT2D eigenvalue weighted by Crippen LogP contribution is -2.27. The number of carbonyl (C=O) groups excluding carboxylic acids is 2. The van der Waals surface area contributed by atoms with Gasteiger partial charge in [-0.25, -0.2) is 4.79 Å². The molecule has 1 rings (SSSR count). The summed E-state index contributed by atoms with van der Waals surface area (Å²) in [5.41, 5.74) is 1.15. The number of carbonyl (C=O) groups is 2. The van der Waals surface area contributed by atoms with Crippen LogP contribution in [0, 0.1) is 5.92 Å². The van der Waals surface area contributed by atoms with Crippen molar-refractivity contribution in [3.05, 3.63) is 29.8 Å². The van der Waals surface area contributed by atoms with Crippen molar-refractivity contribution in [2.75, 3.05) is 25.5 Å². The average molecular weight is 292 g/mol. The highest BCUT2D eigenvalue weighted by Gasteiger charge is 2.10. The highest BCUT2D eigenvalue weighted by Crippen LogP contribution is 2.15. The fourth-order valence-electron chi connectivity index (χ4n) is 1.82. The van der Waals surface area contributed by atoms with Crippen molar-refractivity contribution >= 4 is 17.6 Å². The van der Waals surface area contributed by atoms with Crippen LogP contribution < -0.4 is 10.6 Å². The maximum Gasteiger partial charge on any atom is 0.339 e. The molecule has 5 heteroatoms. The number of amides is 1. The minimum Gasteiger partial charge on any atom is -0.465 e. The van der Waals surface area contributed by atoms with Gasteiger partial charge in [0.05, 0.1) is 12.7 Å². The second kappa shape index (κ2) is 9.00. The Labute approximate surface area is 126 Å². The number of methoxy groups -OCH3 is 1. The van der Waals surface area contributed by atoms with E-state index in [1.165, 1.54) is 7.11 Å². The summed E-state index contributed by atoms with van der Waals surface area (Å²) < 4.78 is 4.72. The first-order valence-electron chi connectivity index (χ1n) is 7.22. The number of hydrogen-bond acceptors (Lipinski definition) is 4. The Balaban J connectivity index is 2.39. The summed E-state index contributed by atoms with van der Waals surface area (Å²) in [7, 11) is 1.35. The molecular formula is C16H24N2O3. The molecule has 0 spiro atoms. The van der Waals surface area contributed by atoms with Crippen LogP contribution in [0.4, 0.5) is 5.69 Å². The first kappa shape index (κ1) is 17.0. The van der Waals surface area contributed by atoms with E-state index in [4.69, 9.17) is 4.74 Å². The third kappa shape index (κ3) is 6.29. The van der Waals surface area contributed by atoms with Gasteiger partial charge in [-0.15, -0.1) is 0 Å². The molecule has 1 amide bonds. The summed E-state index contributed by atoms with van der Waals surface area (Å²) in [6.07, 6.45) is 1.35. The van der Waals surface area contributed by atoms with Crippen LogP contribution >= 0.6 is 0 Å². The zero-order valence-corrected chi connectivity index (χ0v) is 12.9. The Morgan fingerprint density at radius 1 is 1.19 bits per heavy atom. The summed E-state index contributed by atoms with van der Waals surface area (Å²) in [5, 5.41) is 5.98. The van der Waals surface area contributed by atoms with Gasteiger partial charge < -0.3 is 15.4 Å². The Kier molecular flexibility index (Phi) is 7.29. The molecule has 0 heterocycles. The second-order valence-corrected chi connectivity index (χ2v) is 5.25. The molecule has 0 aliphatic carbocycles. The van der Waals surface area contributed by atoms with E-state index in [0.717, 1.165) is 6.42 Å². The molecular weight excluding hydrogens is 268 g/mol. The average Bonchev–Trinajstić information content (AvgIpc) is 2.46. The second-order valence-electron chi connectivity index (χ2n) is 5.25. The molecule has 5 nitrogen and oxygen atoms in total. The molecule has 0 aromatic heterocycles. The smallest absolute Gasteiger partial charge is 0.339 e. The lowest BCUT2D eigenvalue weighted by molar-refractivity contribution is -0.120. The highest BCUT2D eigenvalue weighted by atomic mass is 16.5. The number of ether oxygens (including phenoxy) is 1. The van der Waals surface area contributed by atoms with Gasteiger partial charge in [-0.05, 0) is 24.5 Å². The quantitative estimate of drug-likeness (QED) is 0.722. The minimum absolute atomic E-state index is 0.0127. The lowest BCUT2D eigenvalue weighted by atomic mass is 10.1. The fraction of sp³-hybridized carbons (Fsp3) is 0.500. The largest absolute Gasteiger partial charge is 0.465 e. The van der Waals surface area contributed by atoms with E-state index in [-0.39, 0.29) is 11.9 Å². The van der Waals surface area contributed by atoms with Crippen LogP contribution in [-0.4, -0.2) is 32.1 Å². The predicted molar refractivity (Wildman–Crippen MR) is 83.4 cm³/mol. The Morgan fingerprint density at radius 3 is 2.57 bits per heavy atom. The van der Waals surface area contributed by atoms with E-state index in [9.17, 15) is 9.59 Å². The summed E-state index contributed by atoms with van der Waals surface area (Å²) in [4.78, 5) is 23.2. The van der Waals surface area contributed by atoms with Crippen LogP contribution in [0.1, 0.15) is 37.0 Å². The Hall–Kier alpha value is -2.04. The van der Waals surface area contributed by atoms with Gasteiger partial charge in [0.25, 0.3) is 0 Å². The van der Waals surface area contributed by atoms with Crippen molar-refractivity contribution < 1.29 is 14.3 Å². The molecule has 21 heavy (non-hydrogen) atoms. The van der Waals surface area contributed by atoms with E-state index in [0.29, 0.717) is 36.7 Å². The van der Waals surface area contributed by atoms with Crippen LogP contribution in [0.3, 0.4) is 0 Å². The molecule has 0 fully saturated rings. The molecule has 0 bridgehead atoms. The molecule has 1 aromatic carbocycles. The van der Waals surface area contributed by atoms with Crippen molar-refractivity contribution in [1.29, 1.82) is 0 Å². The predicted octanol–water partition coefficient (Wildman–Crippen LogP) is 2.44. The van der Waals surface area contributed by atoms with Gasteiger partial charge in [0.1, 0.15) is 0 Å². The van der Waals surface area contributed by atoms with Crippen molar-refractivity contribution in [2.45, 2.75) is 26.7 Å². The topological polar surface area (TPSA) is 67.4 Å². The number of hydrogen-bond donors (Lipinski definition) is 2. The Bertz CT molecular complexity index is 472. The Morgan fingerprint density at radius 2 is 1.90 bits per heavy atom. The number of nitrogens with one attached hydrogen (secondary N) is 2. The van der Waals surface area contributed by atoms with Gasteiger partial charge in [0.2, 0.25) is 5.91 Å². The van der Waals surface area contributed by atoms with Gasteiger partial charge in [0, 0.05) is 25.2 Å². The summed E-state index contributed by atoms with van der Waals surface area (Å²) in [5.74, 6) is 0.202. The van der Waals surface area contributed by atoms with E-state index in [2.05, 4.69) is 24.5 Å². The monoisotopic (exact) mass is 292 g/mol. The van der Waals surface area contributed by atoms with Crippen LogP contribution in [0.15, 0.2) is 24.3 Å². The van der Waals surface area contributed by atoms with Crippen molar-refractivity contribution in [3.8, 4) is 0 Å². The fourth-order valence-corrected chi connectivity index (χ4v) is 1.82. The third-order valence-electron chi connectivity index (χ3n) is 3.04. The van der Waals surface area contributed by atoms with Crippen LogP contribution in [0.2, 0.25) is 0 Å². The summed E-state index contributed by atoms with van der Waals surface area (Å²) >= 11 is 0. The van der Waals surface area contributed by atoms with Gasteiger partial charge >= 0.3 is 5.97 Å².